The number of nitrogens with zero attached hydrogens (tertiary/aromatic N) is 4. The third-order valence-corrected chi connectivity index (χ3v) is 3.96. The smallest absolute Gasteiger partial charge is 0.256 e. The van der Waals surface area contributed by atoms with E-state index >= 15 is 0 Å². The molecule has 0 unspecified atom stereocenters. The molecule has 19 heavy (non-hydrogen) atoms. The monoisotopic (exact) mass is 277 g/mol. The fourth-order valence-electron chi connectivity index (χ4n) is 2.11. The molecule has 0 spiro atoms. The number of hydrogen-bond acceptors (Lipinski definition) is 5. The first-order valence-corrected chi connectivity index (χ1v) is 6.39. The first kappa shape index (κ1) is 11.7. The molecule has 0 saturated heterocycles. The lowest BCUT2D eigenvalue weighted by Crippen LogP contribution is -2.26. The SMILES string of the molecule is CN1Cc2c(/C(N)=N/O)ncn2-c2sccc2C1=O. The Balaban J connectivity index is 2.26. The molecule has 98 valence electrons. The van der Waals surface area contributed by atoms with Gasteiger partial charge < -0.3 is 15.8 Å². The van der Waals surface area contributed by atoms with Gasteiger partial charge in [0.05, 0.1) is 17.8 Å². The zero-order valence-corrected chi connectivity index (χ0v) is 10.9. The van der Waals surface area contributed by atoms with E-state index < -0.39 is 0 Å². The molecule has 0 saturated carbocycles. The standard InChI is InChI=1S/C11H11N5O2S/c1-15-4-7-8(9(12)14-18)13-5-16(7)11-6(10(15)17)2-3-19-11/h2-3,5,18H,4H2,1H3,(H2,12,14). The third kappa shape index (κ3) is 1.60. The van der Waals surface area contributed by atoms with Crippen LogP contribution in [0.4, 0.5) is 0 Å². The summed E-state index contributed by atoms with van der Waals surface area (Å²) in [6, 6.07) is 1.79. The summed E-state index contributed by atoms with van der Waals surface area (Å²) in [5, 5.41) is 14.4. The second-order valence-corrected chi connectivity index (χ2v) is 5.09. The van der Waals surface area contributed by atoms with Gasteiger partial charge in [0.15, 0.2) is 5.84 Å². The average molecular weight is 277 g/mol. The number of amidine groups is 1. The highest BCUT2D eigenvalue weighted by Crippen LogP contribution is 2.29. The largest absolute Gasteiger partial charge is 0.409 e. The second kappa shape index (κ2) is 4.09. The molecule has 3 N–H and O–H groups in total. The van der Waals surface area contributed by atoms with Crippen molar-refractivity contribution in [3.8, 4) is 5.00 Å². The Morgan fingerprint density at radius 3 is 3.16 bits per heavy atom. The number of carbonyl (C=O) groups excluding carboxylic acids is 1. The number of thiophene rings is 1. The van der Waals surface area contributed by atoms with Crippen molar-refractivity contribution >= 4 is 23.1 Å². The molecule has 2 aromatic rings. The van der Waals surface area contributed by atoms with Gasteiger partial charge in [-0.15, -0.1) is 11.3 Å². The lowest BCUT2D eigenvalue weighted by atomic mass is 10.2. The van der Waals surface area contributed by atoms with Gasteiger partial charge in [0, 0.05) is 7.05 Å². The van der Waals surface area contributed by atoms with E-state index in [2.05, 4.69) is 10.1 Å². The molecule has 7 nitrogen and oxygen atoms in total. The highest BCUT2D eigenvalue weighted by atomic mass is 32.1. The van der Waals surface area contributed by atoms with E-state index in [1.807, 2.05) is 9.95 Å². The molecular formula is C11H11N5O2S. The molecule has 0 atom stereocenters. The molecule has 0 aromatic carbocycles. The molecule has 1 amide bonds. The number of hydrogen-bond donors (Lipinski definition) is 2. The first-order valence-electron chi connectivity index (χ1n) is 5.51. The van der Waals surface area contributed by atoms with Crippen molar-refractivity contribution < 1.29 is 10.0 Å². The van der Waals surface area contributed by atoms with Crippen LogP contribution in [-0.4, -0.2) is 38.4 Å². The summed E-state index contributed by atoms with van der Waals surface area (Å²) in [7, 11) is 1.71. The summed E-state index contributed by atoms with van der Waals surface area (Å²) >= 11 is 1.45. The molecule has 1 aliphatic rings. The topological polar surface area (TPSA) is 96.7 Å². The van der Waals surface area contributed by atoms with E-state index in [1.165, 1.54) is 11.3 Å². The Morgan fingerprint density at radius 1 is 1.63 bits per heavy atom. The van der Waals surface area contributed by atoms with Gasteiger partial charge in [0.1, 0.15) is 17.0 Å². The number of carbonyl (C=O) groups is 1. The predicted molar refractivity (Wildman–Crippen MR) is 69.7 cm³/mol. The van der Waals surface area contributed by atoms with Gasteiger partial charge in [-0.3, -0.25) is 9.36 Å². The minimum Gasteiger partial charge on any atom is -0.409 e. The lowest BCUT2D eigenvalue weighted by Gasteiger charge is -2.14. The van der Waals surface area contributed by atoms with Crippen molar-refractivity contribution in [1.82, 2.24) is 14.5 Å². The Kier molecular flexibility index (Phi) is 2.53. The third-order valence-electron chi connectivity index (χ3n) is 3.04. The maximum Gasteiger partial charge on any atom is 0.256 e. The maximum absolute atomic E-state index is 12.2. The van der Waals surface area contributed by atoms with Crippen LogP contribution in [0, 0.1) is 0 Å². The highest BCUT2D eigenvalue weighted by Gasteiger charge is 2.27. The van der Waals surface area contributed by atoms with Gasteiger partial charge in [-0.2, -0.15) is 0 Å². The Bertz CT molecular complexity index is 687. The molecule has 0 bridgehead atoms. The number of nitrogens with two attached hydrogens (primary N) is 1. The molecule has 3 rings (SSSR count). The van der Waals surface area contributed by atoms with Gasteiger partial charge in [-0.05, 0) is 11.4 Å². The molecule has 3 heterocycles. The van der Waals surface area contributed by atoms with Crippen molar-refractivity contribution in [1.29, 1.82) is 0 Å². The molecule has 0 aliphatic carbocycles. The average Bonchev–Trinajstić information content (AvgIpc) is 3.01. The summed E-state index contributed by atoms with van der Waals surface area (Å²) in [6.07, 6.45) is 1.59. The predicted octanol–water partition coefficient (Wildman–Crippen LogP) is 0.614. The Labute approximate surface area is 112 Å². The number of fused-ring (bicyclic) bond motifs is 3. The summed E-state index contributed by atoms with van der Waals surface area (Å²) in [4.78, 5) is 18.0. The van der Waals surface area contributed by atoms with Crippen molar-refractivity contribution in [2.75, 3.05) is 7.05 Å². The summed E-state index contributed by atoms with van der Waals surface area (Å²) in [6.45, 7) is 0.353. The lowest BCUT2D eigenvalue weighted by molar-refractivity contribution is 0.0788. The van der Waals surface area contributed by atoms with Gasteiger partial charge in [0.25, 0.3) is 5.91 Å². The first-order chi connectivity index (χ1) is 9.13. The number of amides is 1. The van der Waals surface area contributed by atoms with Crippen LogP contribution in [0.1, 0.15) is 21.7 Å². The summed E-state index contributed by atoms with van der Waals surface area (Å²) in [5.74, 6) is -0.111. The Morgan fingerprint density at radius 2 is 2.42 bits per heavy atom. The van der Waals surface area contributed by atoms with Gasteiger partial charge in [-0.1, -0.05) is 5.16 Å². The van der Waals surface area contributed by atoms with Crippen molar-refractivity contribution in [2.24, 2.45) is 10.9 Å². The van der Waals surface area contributed by atoms with Gasteiger partial charge in [0.2, 0.25) is 0 Å². The van der Waals surface area contributed by atoms with Crippen LogP contribution in [0.5, 0.6) is 0 Å². The van der Waals surface area contributed by atoms with E-state index in [4.69, 9.17) is 10.9 Å². The van der Waals surface area contributed by atoms with E-state index in [1.54, 1.807) is 24.3 Å². The summed E-state index contributed by atoms with van der Waals surface area (Å²) in [5.41, 5.74) is 7.37. The minimum absolute atomic E-state index is 0.0505. The van der Waals surface area contributed by atoms with Crippen LogP contribution in [0.3, 0.4) is 0 Å². The van der Waals surface area contributed by atoms with Crippen molar-refractivity contribution in [2.45, 2.75) is 6.54 Å². The zero-order chi connectivity index (χ0) is 13.6. The normalized spacial score (nSPS) is 15.1. The quantitative estimate of drug-likeness (QED) is 0.345. The highest BCUT2D eigenvalue weighted by molar-refractivity contribution is 7.13. The van der Waals surface area contributed by atoms with Crippen molar-refractivity contribution in [3.05, 3.63) is 34.7 Å². The second-order valence-electron chi connectivity index (χ2n) is 4.20. The Hall–Kier alpha value is -2.35. The molecule has 1 aliphatic heterocycles. The van der Waals surface area contributed by atoms with E-state index in [-0.39, 0.29) is 11.7 Å². The molecule has 0 radical (unpaired) electrons. The van der Waals surface area contributed by atoms with E-state index in [0.717, 1.165) is 10.7 Å². The minimum atomic E-state index is -0.0606. The van der Waals surface area contributed by atoms with Crippen LogP contribution in [0.25, 0.3) is 5.00 Å². The van der Waals surface area contributed by atoms with Crippen LogP contribution < -0.4 is 5.73 Å². The van der Waals surface area contributed by atoms with Crippen LogP contribution in [0.15, 0.2) is 22.9 Å². The van der Waals surface area contributed by atoms with Gasteiger partial charge >= 0.3 is 0 Å². The van der Waals surface area contributed by atoms with Gasteiger partial charge in [-0.25, -0.2) is 4.98 Å². The fourth-order valence-corrected chi connectivity index (χ4v) is 3.00. The van der Waals surface area contributed by atoms with Crippen molar-refractivity contribution in [3.63, 3.8) is 0 Å². The number of imidazole rings is 1. The molecule has 0 fully saturated rings. The molecule has 2 aromatic heterocycles. The van der Waals surface area contributed by atoms with Crippen LogP contribution >= 0.6 is 11.3 Å². The number of aromatic nitrogens is 2. The fraction of sp³-hybridized carbons (Fsp3) is 0.182. The van der Waals surface area contributed by atoms with Crippen LogP contribution in [0.2, 0.25) is 0 Å². The molecule has 8 heteroatoms. The summed E-state index contributed by atoms with van der Waals surface area (Å²) < 4.78 is 1.81. The maximum atomic E-state index is 12.2. The number of rotatable bonds is 1. The van der Waals surface area contributed by atoms with Crippen LogP contribution in [-0.2, 0) is 6.54 Å². The molecular weight excluding hydrogens is 266 g/mol. The zero-order valence-electron chi connectivity index (χ0n) is 10.1. The van der Waals surface area contributed by atoms with E-state index in [0.29, 0.717) is 17.8 Å². The number of oxime groups is 1. The van der Waals surface area contributed by atoms with E-state index in [9.17, 15) is 4.79 Å².